The molecule has 2 aromatic rings. The molecule has 3 aliphatic heterocycles. The number of carbonyl (C=O) groups excluding carboxylic acids is 3. The highest BCUT2D eigenvalue weighted by Crippen LogP contribution is 2.43. The van der Waals surface area contributed by atoms with E-state index in [1.807, 2.05) is 0 Å². The number of benzene rings is 2. The number of non-ortho nitro benzene ring substituents is 1. The normalized spacial score (nSPS) is 22.2. The summed E-state index contributed by atoms with van der Waals surface area (Å²) >= 11 is 0. The number of methoxy groups -OCH3 is 1. The molecule has 3 heterocycles. The molecule has 15 heteroatoms. The molecule has 12 nitrogen and oxygen atoms in total. The number of alkyl halides is 3. The third-order valence-electron chi connectivity index (χ3n) is 9.83. The number of hydrogen-bond acceptors (Lipinski definition) is 9. The van der Waals surface area contributed by atoms with Crippen LogP contribution in [-0.4, -0.2) is 79.5 Å². The number of hydrogen-bond donors (Lipinski definition) is 1. The summed E-state index contributed by atoms with van der Waals surface area (Å²) in [5, 5.41) is 13.6. The molecule has 1 saturated carbocycles. The minimum Gasteiger partial charge on any atom is -0.465 e. The van der Waals surface area contributed by atoms with Crippen LogP contribution in [0.25, 0.3) is 0 Å². The molecule has 2 aromatic carbocycles. The molecule has 1 aliphatic carbocycles. The lowest BCUT2D eigenvalue weighted by atomic mass is 9.72. The van der Waals surface area contributed by atoms with Crippen molar-refractivity contribution in [2.75, 3.05) is 33.4 Å². The number of alkyl carbamates (subject to hydrolysis) is 1. The van der Waals surface area contributed by atoms with Crippen molar-refractivity contribution in [3.8, 4) is 0 Å². The molecule has 3 saturated heterocycles. The zero-order valence-corrected chi connectivity index (χ0v) is 27.3. The Morgan fingerprint density at radius 2 is 1.76 bits per heavy atom. The standard InChI is InChI=1S/C34H40F3N3O9/c1-21(48-19-33-13-9-26(10-14-33)49-20-33)29(38-32(43)47-18-22-3-6-25(7-4-22)40(44)45)30(41)39-15-11-23(12-16-39)24-5-8-27(31(42)46-2)28(17-24)34(35,36)37/h3-8,17,21,23,26,29H,9-16,18-20H2,1-2H3,(H,38,43)/t21-,26?,29+,33?/m1/s1. The molecule has 2 amide bonds. The Morgan fingerprint density at radius 3 is 2.33 bits per heavy atom. The molecule has 6 rings (SSSR count). The Balaban J connectivity index is 1.25. The summed E-state index contributed by atoms with van der Waals surface area (Å²) in [7, 11) is 1.02. The SMILES string of the molecule is COC(=O)c1ccc(C2CCN(C(=O)[C@@H](NC(=O)OCc3ccc([N+](=O)[O-])cc3)[C@@H](C)OCC34CCC(CC3)OC4)CC2)cc1C(F)(F)F. The predicted molar refractivity (Wildman–Crippen MR) is 168 cm³/mol. The van der Waals surface area contributed by atoms with Gasteiger partial charge in [0, 0.05) is 30.6 Å². The van der Waals surface area contributed by atoms with Crippen molar-refractivity contribution in [2.45, 2.75) is 82.4 Å². The molecule has 49 heavy (non-hydrogen) atoms. The lowest BCUT2D eigenvalue weighted by Crippen LogP contribution is -2.56. The number of nitro groups is 1. The Kier molecular flexibility index (Phi) is 11.1. The molecular weight excluding hydrogens is 651 g/mol. The molecule has 266 valence electrons. The average Bonchev–Trinajstić information content (AvgIpc) is 3.11. The van der Waals surface area contributed by atoms with Crippen molar-refractivity contribution < 1.29 is 51.4 Å². The van der Waals surface area contributed by atoms with Gasteiger partial charge in [-0.2, -0.15) is 13.2 Å². The molecule has 0 unspecified atom stereocenters. The average molecular weight is 692 g/mol. The fourth-order valence-corrected chi connectivity index (χ4v) is 6.78. The summed E-state index contributed by atoms with van der Waals surface area (Å²) in [4.78, 5) is 50.8. The zero-order valence-electron chi connectivity index (χ0n) is 27.3. The third-order valence-corrected chi connectivity index (χ3v) is 9.83. The number of carbonyl (C=O) groups is 3. The van der Waals surface area contributed by atoms with Gasteiger partial charge in [-0.1, -0.05) is 6.07 Å². The number of halogens is 3. The van der Waals surface area contributed by atoms with Gasteiger partial charge in [0.25, 0.3) is 5.69 Å². The van der Waals surface area contributed by atoms with Crippen molar-refractivity contribution in [2.24, 2.45) is 5.41 Å². The van der Waals surface area contributed by atoms with E-state index in [4.69, 9.17) is 14.2 Å². The largest absolute Gasteiger partial charge is 0.465 e. The van der Waals surface area contributed by atoms with Gasteiger partial charge in [-0.3, -0.25) is 14.9 Å². The van der Waals surface area contributed by atoms with Crippen LogP contribution in [-0.2, 0) is 36.5 Å². The number of likely N-dealkylation sites (tertiary alicyclic amines) is 1. The third kappa shape index (κ3) is 8.68. The van der Waals surface area contributed by atoms with Gasteiger partial charge in [0.15, 0.2) is 0 Å². The minimum atomic E-state index is -4.76. The number of amides is 2. The van der Waals surface area contributed by atoms with Crippen LogP contribution < -0.4 is 5.32 Å². The lowest BCUT2D eigenvalue weighted by Gasteiger charge is -2.46. The number of piperidine rings is 1. The van der Waals surface area contributed by atoms with Crippen LogP contribution in [0.3, 0.4) is 0 Å². The molecule has 0 spiro atoms. The summed E-state index contributed by atoms with van der Waals surface area (Å²) in [5.74, 6) is -1.80. The number of fused-ring (bicyclic) bond motifs is 3. The van der Waals surface area contributed by atoms with Crippen LogP contribution >= 0.6 is 0 Å². The molecule has 0 radical (unpaired) electrons. The first-order chi connectivity index (χ1) is 23.3. The number of nitrogens with zero attached hydrogens (tertiary/aromatic N) is 2. The van der Waals surface area contributed by atoms with Crippen LogP contribution in [0.5, 0.6) is 0 Å². The second-order valence-electron chi connectivity index (χ2n) is 13.0. The fourth-order valence-electron chi connectivity index (χ4n) is 6.78. The molecule has 0 aromatic heterocycles. The fraction of sp³-hybridized carbons (Fsp3) is 0.559. The summed E-state index contributed by atoms with van der Waals surface area (Å²) < 4.78 is 63.4. The van der Waals surface area contributed by atoms with Crippen LogP contribution in [0.15, 0.2) is 42.5 Å². The topological polar surface area (TPSA) is 147 Å². The Morgan fingerprint density at radius 1 is 1.08 bits per heavy atom. The van der Waals surface area contributed by atoms with E-state index in [1.54, 1.807) is 11.8 Å². The number of ether oxygens (including phenoxy) is 4. The summed E-state index contributed by atoms with van der Waals surface area (Å²) in [6.07, 6.45) is -1.65. The second kappa shape index (κ2) is 15.1. The molecule has 4 fully saturated rings. The second-order valence-corrected chi connectivity index (χ2v) is 13.0. The van der Waals surface area contributed by atoms with Gasteiger partial charge in [0.2, 0.25) is 5.91 Å². The number of esters is 1. The number of rotatable bonds is 11. The Labute approximate surface area is 281 Å². The minimum absolute atomic E-state index is 0.107. The zero-order chi connectivity index (χ0) is 35.3. The van der Waals surface area contributed by atoms with Gasteiger partial charge in [-0.15, -0.1) is 0 Å². The monoisotopic (exact) mass is 691 g/mol. The summed E-state index contributed by atoms with van der Waals surface area (Å²) in [6, 6.07) is 7.95. The van der Waals surface area contributed by atoms with Gasteiger partial charge in [-0.25, -0.2) is 9.59 Å². The number of nitro benzene ring substituents is 1. The summed E-state index contributed by atoms with van der Waals surface area (Å²) in [6.45, 7) is 2.84. The maximum absolute atomic E-state index is 13.9. The van der Waals surface area contributed by atoms with Crippen molar-refractivity contribution in [1.82, 2.24) is 10.2 Å². The first kappa shape index (κ1) is 36.1. The van der Waals surface area contributed by atoms with E-state index in [0.717, 1.165) is 44.9 Å². The van der Waals surface area contributed by atoms with Crippen molar-refractivity contribution in [3.05, 3.63) is 74.8 Å². The van der Waals surface area contributed by atoms with Crippen LogP contribution in [0.1, 0.15) is 78.4 Å². The van der Waals surface area contributed by atoms with E-state index in [1.165, 1.54) is 30.3 Å². The van der Waals surface area contributed by atoms with Crippen molar-refractivity contribution >= 4 is 23.7 Å². The molecule has 2 bridgehead atoms. The van der Waals surface area contributed by atoms with Gasteiger partial charge in [0.05, 0.1) is 48.6 Å². The first-order valence-electron chi connectivity index (χ1n) is 16.3. The smallest absolute Gasteiger partial charge is 0.417 e. The highest BCUT2D eigenvalue weighted by molar-refractivity contribution is 5.91. The van der Waals surface area contributed by atoms with E-state index in [2.05, 4.69) is 10.1 Å². The Bertz CT molecular complexity index is 1510. The first-order valence-corrected chi connectivity index (χ1v) is 16.3. The number of nitrogens with one attached hydrogen (secondary N) is 1. The molecule has 2 atom stereocenters. The summed E-state index contributed by atoms with van der Waals surface area (Å²) in [5.41, 5.74) is -1.00. The van der Waals surface area contributed by atoms with Crippen molar-refractivity contribution in [3.63, 3.8) is 0 Å². The van der Waals surface area contributed by atoms with Gasteiger partial charge in [0.1, 0.15) is 12.6 Å². The van der Waals surface area contributed by atoms with Gasteiger partial charge >= 0.3 is 18.2 Å². The lowest BCUT2D eigenvalue weighted by molar-refractivity contribution is -0.384. The predicted octanol–water partition coefficient (Wildman–Crippen LogP) is 5.77. The van der Waals surface area contributed by atoms with E-state index in [0.29, 0.717) is 37.2 Å². The van der Waals surface area contributed by atoms with E-state index < -0.39 is 52.3 Å². The quantitative estimate of drug-likeness (QED) is 0.176. The van der Waals surface area contributed by atoms with Crippen LogP contribution in [0.4, 0.5) is 23.7 Å². The van der Waals surface area contributed by atoms with E-state index in [-0.39, 0.29) is 42.8 Å². The van der Waals surface area contributed by atoms with Crippen LogP contribution in [0.2, 0.25) is 0 Å². The molecular formula is C34H40F3N3O9. The van der Waals surface area contributed by atoms with Crippen LogP contribution in [0, 0.1) is 15.5 Å². The van der Waals surface area contributed by atoms with Crippen molar-refractivity contribution in [1.29, 1.82) is 0 Å². The van der Waals surface area contributed by atoms with E-state index in [9.17, 15) is 37.7 Å². The maximum atomic E-state index is 13.9. The molecule has 4 aliphatic rings. The highest BCUT2D eigenvalue weighted by atomic mass is 19.4. The van der Waals surface area contributed by atoms with E-state index >= 15 is 0 Å². The van der Waals surface area contributed by atoms with Gasteiger partial charge in [-0.05, 0) is 86.8 Å². The van der Waals surface area contributed by atoms with Gasteiger partial charge < -0.3 is 29.2 Å². The Hall–Kier alpha value is -4.24. The molecule has 1 N–H and O–H groups in total. The maximum Gasteiger partial charge on any atom is 0.417 e. The highest BCUT2D eigenvalue weighted by Gasteiger charge is 2.43.